The lowest BCUT2D eigenvalue weighted by Crippen LogP contribution is -2.17. The molecule has 1 N–H and O–H groups in total. The number of phenolic OH excluding ortho intramolecular Hbond substituents is 1. The number of hydrogen-bond donors (Lipinski definition) is 1. The maximum atomic E-state index is 10.9. The Balaban J connectivity index is 1.76. The normalized spacial score (nSPS) is 11.9. The largest absolute Gasteiger partial charge is 0.507 e. The summed E-state index contributed by atoms with van der Waals surface area (Å²) in [4.78, 5) is 4.66. The number of aromatic hydroxyl groups is 1. The van der Waals surface area contributed by atoms with Gasteiger partial charge in [0.15, 0.2) is 0 Å². The zero-order chi connectivity index (χ0) is 23.5. The predicted octanol–water partition coefficient (Wildman–Crippen LogP) is 6.33. The Labute approximate surface area is 190 Å². The van der Waals surface area contributed by atoms with Crippen molar-refractivity contribution in [1.29, 1.82) is 5.26 Å². The van der Waals surface area contributed by atoms with Crippen LogP contribution in [0.25, 0.3) is 11.5 Å². The number of hydrogen-bond acceptors (Lipinski definition) is 5. The molecule has 3 aromatic rings. The third kappa shape index (κ3) is 5.50. The van der Waals surface area contributed by atoms with E-state index in [1.165, 1.54) is 0 Å². The molecule has 0 aliphatic rings. The molecule has 0 aliphatic heterocycles. The van der Waals surface area contributed by atoms with E-state index in [1.807, 2.05) is 36.4 Å². The summed E-state index contributed by atoms with van der Waals surface area (Å²) in [6.45, 7) is 13.0. The monoisotopic (exact) mass is 432 g/mol. The van der Waals surface area contributed by atoms with Gasteiger partial charge in [0.2, 0.25) is 5.89 Å². The molecule has 0 radical (unpaired) electrons. The SMILES string of the molecule is CC(C)(C)c1cc(-c2nc(CCOc3ccc(CC#N)cc3)co2)cc(C(C)(C)C)c1O. The summed E-state index contributed by atoms with van der Waals surface area (Å²) in [6.07, 6.45) is 2.67. The molecule has 1 aromatic heterocycles. The van der Waals surface area contributed by atoms with E-state index < -0.39 is 0 Å². The maximum absolute atomic E-state index is 10.9. The molecule has 0 amide bonds. The Bertz CT molecular complexity index is 1070. The van der Waals surface area contributed by atoms with Gasteiger partial charge in [-0.2, -0.15) is 5.26 Å². The van der Waals surface area contributed by atoms with E-state index >= 15 is 0 Å². The number of benzene rings is 2. The van der Waals surface area contributed by atoms with Crippen molar-refractivity contribution in [3.63, 3.8) is 0 Å². The van der Waals surface area contributed by atoms with Gasteiger partial charge in [-0.3, -0.25) is 0 Å². The summed E-state index contributed by atoms with van der Waals surface area (Å²) >= 11 is 0. The first-order valence-electron chi connectivity index (χ1n) is 10.9. The number of ether oxygens (including phenoxy) is 1. The summed E-state index contributed by atoms with van der Waals surface area (Å²) in [5.41, 5.74) is 3.96. The Morgan fingerprint density at radius 2 is 1.59 bits per heavy atom. The molecule has 2 aromatic carbocycles. The number of nitrogens with zero attached hydrogens (tertiary/aromatic N) is 2. The van der Waals surface area contributed by atoms with Crippen LogP contribution in [0.3, 0.4) is 0 Å². The van der Waals surface area contributed by atoms with E-state index in [0.29, 0.717) is 31.1 Å². The molecular formula is C27H32N2O3. The summed E-state index contributed by atoms with van der Waals surface area (Å²) in [7, 11) is 0. The van der Waals surface area contributed by atoms with Crippen molar-refractivity contribution in [2.45, 2.75) is 65.2 Å². The topological polar surface area (TPSA) is 79.3 Å². The summed E-state index contributed by atoms with van der Waals surface area (Å²) in [5, 5.41) is 19.7. The van der Waals surface area contributed by atoms with Crippen molar-refractivity contribution in [1.82, 2.24) is 4.98 Å². The van der Waals surface area contributed by atoms with Crippen molar-refractivity contribution in [2.24, 2.45) is 0 Å². The zero-order valence-electron chi connectivity index (χ0n) is 19.8. The van der Waals surface area contributed by atoms with Gasteiger partial charge in [0, 0.05) is 23.1 Å². The molecular weight excluding hydrogens is 400 g/mol. The Kier molecular flexibility index (Phi) is 6.64. The quantitative estimate of drug-likeness (QED) is 0.492. The fourth-order valence-electron chi connectivity index (χ4n) is 3.52. The molecule has 0 atom stereocenters. The van der Waals surface area contributed by atoms with Gasteiger partial charge >= 0.3 is 0 Å². The standard InChI is InChI=1S/C27H32N2O3/c1-26(2,3)22-15-19(16-23(24(22)30)27(4,5)6)25-29-20(17-32-25)12-14-31-21-9-7-18(8-10-21)11-13-28/h7-10,15-17,30H,11-12,14H2,1-6H3. The first-order chi connectivity index (χ1) is 15.0. The van der Waals surface area contributed by atoms with Gasteiger partial charge in [0.25, 0.3) is 0 Å². The molecule has 0 saturated carbocycles. The van der Waals surface area contributed by atoms with E-state index in [0.717, 1.165) is 33.7 Å². The van der Waals surface area contributed by atoms with Crippen LogP contribution in [0, 0.1) is 11.3 Å². The lowest BCUT2D eigenvalue weighted by Gasteiger charge is -2.27. The van der Waals surface area contributed by atoms with Crippen LogP contribution in [0.2, 0.25) is 0 Å². The lowest BCUT2D eigenvalue weighted by atomic mass is 9.78. The maximum Gasteiger partial charge on any atom is 0.226 e. The van der Waals surface area contributed by atoms with Gasteiger partial charge < -0.3 is 14.3 Å². The van der Waals surface area contributed by atoms with Crippen LogP contribution in [0.5, 0.6) is 11.5 Å². The second-order valence-electron chi connectivity index (χ2n) is 10.1. The van der Waals surface area contributed by atoms with E-state index in [2.05, 4.69) is 52.6 Å². The number of phenols is 1. The summed E-state index contributed by atoms with van der Waals surface area (Å²) in [5.74, 6) is 1.64. The highest BCUT2D eigenvalue weighted by atomic mass is 16.5. The molecule has 32 heavy (non-hydrogen) atoms. The fourth-order valence-corrected chi connectivity index (χ4v) is 3.52. The van der Waals surface area contributed by atoms with Crippen molar-refractivity contribution < 1.29 is 14.3 Å². The number of rotatable bonds is 6. The molecule has 1 heterocycles. The highest BCUT2D eigenvalue weighted by molar-refractivity contribution is 5.63. The van der Waals surface area contributed by atoms with Crippen LogP contribution in [0.1, 0.15) is 63.9 Å². The fraction of sp³-hybridized carbons (Fsp3) is 0.407. The molecule has 5 nitrogen and oxygen atoms in total. The number of nitriles is 1. The van der Waals surface area contributed by atoms with E-state index in [1.54, 1.807) is 6.26 Å². The molecule has 0 aliphatic carbocycles. The summed E-state index contributed by atoms with van der Waals surface area (Å²) < 4.78 is 11.6. The van der Waals surface area contributed by atoms with Crippen LogP contribution >= 0.6 is 0 Å². The Morgan fingerprint density at radius 3 is 2.12 bits per heavy atom. The smallest absolute Gasteiger partial charge is 0.226 e. The Morgan fingerprint density at radius 1 is 1.00 bits per heavy atom. The molecule has 5 heteroatoms. The lowest BCUT2D eigenvalue weighted by molar-refractivity contribution is 0.320. The van der Waals surface area contributed by atoms with Crippen LogP contribution in [0.4, 0.5) is 0 Å². The van der Waals surface area contributed by atoms with Gasteiger partial charge in [-0.25, -0.2) is 4.98 Å². The molecule has 0 saturated heterocycles. The van der Waals surface area contributed by atoms with Crippen LogP contribution < -0.4 is 4.74 Å². The highest BCUT2D eigenvalue weighted by Gasteiger charge is 2.27. The third-order valence-corrected chi connectivity index (χ3v) is 5.36. The number of aromatic nitrogens is 1. The van der Waals surface area contributed by atoms with Crippen molar-refractivity contribution in [3.8, 4) is 29.0 Å². The predicted molar refractivity (Wildman–Crippen MR) is 126 cm³/mol. The van der Waals surface area contributed by atoms with Crippen molar-refractivity contribution in [3.05, 3.63) is 65.0 Å². The highest BCUT2D eigenvalue weighted by Crippen LogP contribution is 2.41. The van der Waals surface area contributed by atoms with Gasteiger partial charge in [0.05, 0.1) is 24.8 Å². The number of oxazole rings is 1. The second kappa shape index (κ2) is 9.08. The molecule has 0 unspecified atom stereocenters. The second-order valence-corrected chi connectivity index (χ2v) is 10.1. The molecule has 3 rings (SSSR count). The minimum atomic E-state index is -0.216. The van der Waals surface area contributed by atoms with Crippen LogP contribution in [-0.2, 0) is 23.7 Å². The average molecular weight is 433 g/mol. The first kappa shape index (κ1) is 23.4. The van der Waals surface area contributed by atoms with E-state index in [-0.39, 0.29) is 10.8 Å². The zero-order valence-corrected chi connectivity index (χ0v) is 19.8. The van der Waals surface area contributed by atoms with Crippen LogP contribution in [0.15, 0.2) is 47.1 Å². The average Bonchev–Trinajstić information content (AvgIpc) is 3.17. The third-order valence-electron chi connectivity index (χ3n) is 5.36. The summed E-state index contributed by atoms with van der Waals surface area (Å²) in [6, 6.07) is 13.6. The minimum absolute atomic E-state index is 0.216. The minimum Gasteiger partial charge on any atom is -0.507 e. The van der Waals surface area contributed by atoms with E-state index in [9.17, 15) is 5.11 Å². The van der Waals surface area contributed by atoms with E-state index in [4.69, 9.17) is 14.4 Å². The van der Waals surface area contributed by atoms with Gasteiger partial charge in [0.1, 0.15) is 17.8 Å². The van der Waals surface area contributed by atoms with Crippen molar-refractivity contribution in [2.75, 3.05) is 6.61 Å². The molecule has 0 fully saturated rings. The van der Waals surface area contributed by atoms with Gasteiger partial charge in [-0.1, -0.05) is 53.7 Å². The van der Waals surface area contributed by atoms with Crippen LogP contribution in [-0.4, -0.2) is 16.7 Å². The van der Waals surface area contributed by atoms with Crippen molar-refractivity contribution >= 4 is 0 Å². The molecule has 0 bridgehead atoms. The Hall–Kier alpha value is -3.26. The first-order valence-corrected chi connectivity index (χ1v) is 10.9. The van der Waals surface area contributed by atoms with Gasteiger partial charge in [-0.05, 0) is 40.7 Å². The van der Waals surface area contributed by atoms with Gasteiger partial charge in [-0.15, -0.1) is 0 Å². The molecule has 168 valence electrons. The molecule has 0 spiro atoms.